The van der Waals surface area contributed by atoms with Gasteiger partial charge in [0.25, 0.3) is 5.91 Å². The van der Waals surface area contributed by atoms with Crippen molar-refractivity contribution in [1.82, 2.24) is 19.8 Å². The summed E-state index contributed by atoms with van der Waals surface area (Å²) in [5.74, 6) is -0.496. The van der Waals surface area contributed by atoms with Crippen LogP contribution in [0.5, 0.6) is 0 Å². The van der Waals surface area contributed by atoms with Gasteiger partial charge in [-0.1, -0.05) is 18.2 Å². The van der Waals surface area contributed by atoms with Gasteiger partial charge in [0.15, 0.2) is 17.3 Å². The van der Waals surface area contributed by atoms with Gasteiger partial charge in [-0.3, -0.25) is 4.79 Å². The van der Waals surface area contributed by atoms with Gasteiger partial charge in [-0.05, 0) is 12.1 Å². The van der Waals surface area contributed by atoms with E-state index in [9.17, 15) is 10.1 Å². The van der Waals surface area contributed by atoms with E-state index >= 15 is 0 Å². The lowest BCUT2D eigenvalue weighted by atomic mass is 10.2. The van der Waals surface area contributed by atoms with Gasteiger partial charge in [-0.15, -0.1) is 15.3 Å². The molecule has 0 bridgehead atoms. The second kappa shape index (κ2) is 5.42. The minimum Gasteiger partial charge on any atom is -0.381 e. The minimum absolute atomic E-state index is 0.00237. The average molecular weight is 304 g/mol. The summed E-state index contributed by atoms with van der Waals surface area (Å²) in [6.07, 6.45) is 0. The number of nitrogens with zero attached hydrogens (tertiary/aromatic N) is 6. The lowest BCUT2D eigenvalue weighted by Gasteiger charge is -2.01. The van der Waals surface area contributed by atoms with Crippen LogP contribution < -0.4 is 11.1 Å². The van der Waals surface area contributed by atoms with Crippen LogP contribution in [0, 0.1) is 22.7 Å². The molecule has 0 aliphatic heterocycles. The normalized spacial score (nSPS) is 10.0. The number of hydrogen-bond donors (Lipinski definition) is 2. The van der Waals surface area contributed by atoms with E-state index in [1.807, 2.05) is 6.07 Å². The maximum Gasteiger partial charge on any atom is 0.256 e. The lowest BCUT2D eigenvalue weighted by molar-refractivity contribution is 0.102. The van der Waals surface area contributed by atoms with Crippen molar-refractivity contribution in [1.29, 1.82) is 10.5 Å². The Morgan fingerprint density at radius 2 is 1.91 bits per heavy atom. The second-order valence-corrected chi connectivity index (χ2v) is 4.44. The molecule has 0 aliphatic carbocycles. The number of nitrogens with two attached hydrogens (primary N) is 1. The van der Waals surface area contributed by atoms with E-state index in [0.717, 1.165) is 4.52 Å². The van der Waals surface area contributed by atoms with Crippen LogP contribution in [0.2, 0.25) is 0 Å². The predicted molar refractivity (Wildman–Crippen MR) is 79.0 cm³/mol. The van der Waals surface area contributed by atoms with Crippen molar-refractivity contribution in [2.45, 2.75) is 0 Å². The molecule has 0 spiro atoms. The molecule has 0 saturated heterocycles. The Labute approximate surface area is 129 Å². The first-order chi connectivity index (χ1) is 11.2. The third kappa shape index (κ3) is 2.28. The fraction of sp³-hybridized carbons (Fsp3) is 0. The number of amides is 1. The smallest absolute Gasteiger partial charge is 0.256 e. The third-order valence-electron chi connectivity index (χ3n) is 3.06. The van der Waals surface area contributed by atoms with Crippen LogP contribution in [-0.2, 0) is 0 Å². The molecule has 3 aromatic rings. The van der Waals surface area contributed by atoms with Crippen molar-refractivity contribution in [2.75, 3.05) is 11.1 Å². The van der Waals surface area contributed by atoms with Gasteiger partial charge < -0.3 is 11.1 Å². The zero-order valence-electron chi connectivity index (χ0n) is 11.6. The number of nitriles is 2. The van der Waals surface area contributed by atoms with Crippen LogP contribution in [0.4, 0.5) is 11.6 Å². The molecule has 2 heterocycles. The highest BCUT2D eigenvalue weighted by Gasteiger charge is 2.20. The van der Waals surface area contributed by atoms with Crippen LogP contribution in [-0.4, -0.2) is 25.7 Å². The van der Waals surface area contributed by atoms with Crippen molar-refractivity contribution in [2.24, 2.45) is 0 Å². The Kier molecular flexibility index (Phi) is 3.30. The molecule has 1 amide bonds. The molecule has 0 unspecified atom stereocenters. The molecular weight excluding hydrogens is 296 g/mol. The first-order valence-electron chi connectivity index (χ1n) is 6.37. The molecule has 0 aliphatic rings. The quantitative estimate of drug-likeness (QED) is 0.708. The Bertz CT molecular complexity index is 994. The zero-order valence-corrected chi connectivity index (χ0v) is 11.6. The monoisotopic (exact) mass is 304 g/mol. The van der Waals surface area contributed by atoms with Gasteiger partial charge in [-0.2, -0.15) is 15.0 Å². The van der Waals surface area contributed by atoms with Crippen LogP contribution in [0.25, 0.3) is 5.65 Å². The van der Waals surface area contributed by atoms with E-state index in [1.165, 1.54) is 0 Å². The van der Waals surface area contributed by atoms with Crippen molar-refractivity contribution >= 4 is 23.2 Å². The SMILES string of the molecule is N#Cc1nnc2c(C#N)c(NC(=O)c3ccccc3)nn2c1N. The van der Waals surface area contributed by atoms with E-state index in [1.54, 1.807) is 36.4 Å². The predicted octanol–water partition coefficient (Wildman–Crippen LogP) is 0.702. The lowest BCUT2D eigenvalue weighted by Crippen LogP contribution is -2.13. The van der Waals surface area contributed by atoms with E-state index in [2.05, 4.69) is 20.6 Å². The largest absolute Gasteiger partial charge is 0.381 e. The standard InChI is InChI=1S/C14H8N8O/c15-6-9-12(18-14(23)8-4-2-1-3-5-8)21-22-11(17)10(7-16)19-20-13(9)22/h1-5H,17H2,(H,18,21,23). The Hall–Kier alpha value is -3.98. The molecule has 0 fully saturated rings. The minimum atomic E-state index is -0.433. The summed E-state index contributed by atoms with van der Waals surface area (Å²) in [6.45, 7) is 0. The van der Waals surface area contributed by atoms with E-state index in [0.29, 0.717) is 5.56 Å². The van der Waals surface area contributed by atoms with Gasteiger partial charge >= 0.3 is 0 Å². The number of fused-ring (bicyclic) bond motifs is 1. The number of anilines is 2. The van der Waals surface area contributed by atoms with Gasteiger partial charge in [0, 0.05) is 5.56 Å². The third-order valence-corrected chi connectivity index (χ3v) is 3.06. The number of nitrogens with one attached hydrogen (secondary N) is 1. The highest BCUT2D eigenvalue weighted by molar-refractivity contribution is 6.04. The summed E-state index contributed by atoms with van der Waals surface area (Å²) in [5, 5.41) is 32.1. The van der Waals surface area contributed by atoms with Crippen LogP contribution in [0.3, 0.4) is 0 Å². The molecule has 9 heteroatoms. The topological polar surface area (TPSA) is 146 Å². The first kappa shape index (κ1) is 14.0. The van der Waals surface area contributed by atoms with Crippen LogP contribution >= 0.6 is 0 Å². The molecule has 110 valence electrons. The summed E-state index contributed by atoms with van der Waals surface area (Å²) < 4.78 is 1.10. The van der Waals surface area contributed by atoms with Crippen LogP contribution in [0.15, 0.2) is 30.3 Å². The van der Waals surface area contributed by atoms with E-state index in [-0.39, 0.29) is 28.5 Å². The number of aromatic nitrogens is 4. The van der Waals surface area contributed by atoms with E-state index in [4.69, 9.17) is 11.0 Å². The number of benzene rings is 1. The van der Waals surface area contributed by atoms with Gasteiger partial charge in [-0.25, -0.2) is 0 Å². The summed E-state index contributed by atoms with van der Waals surface area (Å²) in [5.41, 5.74) is 6.12. The maximum atomic E-state index is 12.2. The molecule has 3 rings (SSSR count). The Morgan fingerprint density at radius 1 is 1.17 bits per heavy atom. The molecule has 1 aromatic carbocycles. The summed E-state index contributed by atoms with van der Waals surface area (Å²) >= 11 is 0. The average Bonchev–Trinajstić information content (AvgIpc) is 2.94. The molecule has 0 saturated carbocycles. The summed E-state index contributed by atoms with van der Waals surface area (Å²) in [6, 6.07) is 12.1. The first-order valence-corrected chi connectivity index (χ1v) is 6.37. The van der Waals surface area contributed by atoms with Gasteiger partial charge in [0.05, 0.1) is 0 Å². The van der Waals surface area contributed by atoms with Gasteiger partial charge in [0.2, 0.25) is 5.69 Å². The molecule has 9 nitrogen and oxygen atoms in total. The van der Waals surface area contributed by atoms with Crippen LogP contribution in [0.1, 0.15) is 21.6 Å². The number of hydrogen-bond acceptors (Lipinski definition) is 7. The number of carbonyl (C=O) groups is 1. The van der Waals surface area contributed by atoms with Crippen molar-refractivity contribution in [3.05, 3.63) is 47.2 Å². The Morgan fingerprint density at radius 3 is 2.57 bits per heavy atom. The zero-order chi connectivity index (χ0) is 16.4. The number of rotatable bonds is 2. The Balaban J connectivity index is 2.08. The summed E-state index contributed by atoms with van der Waals surface area (Å²) in [7, 11) is 0. The molecule has 23 heavy (non-hydrogen) atoms. The molecular formula is C14H8N8O. The molecule has 3 N–H and O–H groups in total. The fourth-order valence-electron chi connectivity index (χ4n) is 1.96. The summed E-state index contributed by atoms with van der Waals surface area (Å²) in [4.78, 5) is 12.2. The van der Waals surface area contributed by atoms with Crippen molar-refractivity contribution in [3.63, 3.8) is 0 Å². The number of carbonyl (C=O) groups excluding carboxylic acids is 1. The highest BCUT2D eigenvalue weighted by atomic mass is 16.1. The molecule has 0 radical (unpaired) electrons. The highest BCUT2D eigenvalue weighted by Crippen LogP contribution is 2.21. The second-order valence-electron chi connectivity index (χ2n) is 4.44. The number of nitrogen functional groups attached to an aromatic ring is 1. The van der Waals surface area contributed by atoms with Gasteiger partial charge in [0.1, 0.15) is 17.7 Å². The van der Waals surface area contributed by atoms with Crippen molar-refractivity contribution in [3.8, 4) is 12.1 Å². The van der Waals surface area contributed by atoms with E-state index < -0.39 is 5.91 Å². The molecule has 0 atom stereocenters. The molecule has 2 aromatic heterocycles. The fourth-order valence-corrected chi connectivity index (χ4v) is 1.96. The maximum absolute atomic E-state index is 12.2. The van der Waals surface area contributed by atoms with Crippen molar-refractivity contribution < 1.29 is 4.79 Å².